The second-order valence-electron chi connectivity index (χ2n) is 3.29. The number of amides is 2. The van der Waals surface area contributed by atoms with Crippen molar-refractivity contribution < 1.29 is 9.59 Å². The van der Waals surface area contributed by atoms with Crippen molar-refractivity contribution >= 4 is 22.7 Å². The molecule has 0 atom stereocenters. The molecule has 1 aromatic heterocycles. The third-order valence-corrected chi connectivity index (χ3v) is 2.30. The van der Waals surface area contributed by atoms with Gasteiger partial charge in [0.15, 0.2) is 0 Å². The fraction of sp³-hybridized carbons (Fsp3) is 0. The second-order valence-corrected chi connectivity index (χ2v) is 3.29. The topological polar surface area (TPSA) is 99.1 Å². The van der Waals surface area contributed by atoms with Crippen LogP contribution < -0.4 is 11.5 Å². The first-order chi connectivity index (χ1) is 7.61. The highest BCUT2D eigenvalue weighted by Gasteiger charge is 2.12. The van der Waals surface area contributed by atoms with Gasteiger partial charge in [-0.15, -0.1) is 0 Å². The molecule has 80 valence electrons. The lowest BCUT2D eigenvalue weighted by Gasteiger charge is -2.04. The standard InChI is InChI=1S/C11H9N3O2/c12-10(15)7-4-5-14-9-6(7)2-1-3-8(9)11(13)16/h1-5H,(H2,12,15)(H2,13,16). The van der Waals surface area contributed by atoms with Gasteiger partial charge in [-0.25, -0.2) is 0 Å². The number of carbonyl (C=O) groups is 2. The zero-order chi connectivity index (χ0) is 11.7. The highest BCUT2D eigenvalue weighted by atomic mass is 16.1. The fourth-order valence-corrected chi connectivity index (χ4v) is 1.59. The Kier molecular flexibility index (Phi) is 2.28. The maximum Gasteiger partial charge on any atom is 0.250 e. The summed E-state index contributed by atoms with van der Waals surface area (Å²) in [6, 6.07) is 6.38. The third-order valence-electron chi connectivity index (χ3n) is 2.30. The van der Waals surface area contributed by atoms with Crippen LogP contribution in [-0.2, 0) is 0 Å². The molecule has 0 aliphatic rings. The lowest BCUT2D eigenvalue weighted by atomic mass is 10.0. The molecule has 2 aromatic rings. The van der Waals surface area contributed by atoms with E-state index in [1.165, 1.54) is 12.3 Å². The van der Waals surface area contributed by atoms with Gasteiger partial charge in [-0.1, -0.05) is 12.1 Å². The lowest BCUT2D eigenvalue weighted by molar-refractivity contribution is 0.0992. The van der Waals surface area contributed by atoms with Crippen molar-refractivity contribution in [1.29, 1.82) is 0 Å². The van der Waals surface area contributed by atoms with Crippen molar-refractivity contribution in [1.82, 2.24) is 4.98 Å². The molecule has 1 heterocycles. The smallest absolute Gasteiger partial charge is 0.250 e. The Bertz CT molecular complexity index is 540. The van der Waals surface area contributed by atoms with Gasteiger partial charge < -0.3 is 11.5 Å². The Labute approximate surface area is 91.1 Å². The van der Waals surface area contributed by atoms with Gasteiger partial charge in [-0.3, -0.25) is 14.6 Å². The molecule has 2 amide bonds. The Hall–Kier alpha value is -2.43. The molecule has 4 N–H and O–H groups in total. The van der Waals surface area contributed by atoms with E-state index in [4.69, 9.17) is 11.5 Å². The van der Waals surface area contributed by atoms with E-state index in [1.807, 2.05) is 0 Å². The van der Waals surface area contributed by atoms with Crippen LogP contribution in [0, 0.1) is 0 Å². The zero-order valence-corrected chi connectivity index (χ0v) is 8.31. The number of fused-ring (bicyclic) bond motifs is 1. The highest BCUT2D eigenvalue weighted by molar-refractivity contribution is 6.11. The van der Waals surface area contributed by atoms with E-state index in [0.29, 0.717) is 16.5 Å². The zero-order valence-electron chi connectivity index (χ0n) is 8.31. The van der Waals surface area contributed by atoms with Crippen LogP contribution >= 0.6 is 0 Å². The number of aromatic nitrogens is 1. The molecule has 0 aliphatic carbocycles. The molecule has 5 heteroatoms. The minimum Gasteiger partial charge on any atom is -0.366 e. The first-order valence-electron chi connectivity index (χ1n) is 4.58. The summed E-state index contributed by atoms with van der Waals surface area (Å²) in [5.74, 6) is -1.14. The van der Waals surface area contributed by atoms with Crippen molar-refractivity contribution in [2.45, 2.75) is 0 Å². The largest absolute Gasteiger partial charge is 0.366 e. The maximum atomic E-state index is 11.2. The quantitative estimate of drug-likeness (QED) is 0.759. The minimum absolute atomic E-state index is 0.278. The molecule has 0 bridgehead atoms. The van der Waals surface area contributed by atoms with Crippen molar-refractivity contribution in [2.75, 3.05) is 0 Å². The maximum absolute atomic E-state index is 11.2. The SMILES string of the molecule is NC(=O)c1ccnc2c(C(N)=O)cccc12. The summed E-state index contributed by atoms with van der Waals surface area (Å²) in [7, 11) is 0. The van der Waals surface area contributed by atoms with Crippen LogP contribution in [0.5, 0.6) is 0 Å². The minimum atomic E-state index is -0.584. The Morgan fingerprint density at radius 2 is 1.69 bits per heavy atom. The summed E-state index contributed by atoms with van der Waals surface area (Å²) in [5, 5.41) is 0.534. The Morgan fingerprint density at radius 3 is 2.31 bits per heavy atom. The molecule has 5 nitrogen and oxygen atoms in total. The predicted octanol–water partition coefficient (Wildman–Crippen LogP) is 0.433. The van der Waals surface area contributed by atoms with Gasteiger partial charge in [-0.05, 0) is 12.1 Å². The van der Waals surface area contributed by atoms with Crippen molar-refractivity contribution in [3.63, 3.8) is 0 Å². The summed E-state index contributed by atoms with van der Waals surface area (Å²) in [4.78, 5) is 26.4. The van der Waals surface area contributed by atoms with Crippen LogP contribution in [0.1, 0.15) is 20.7 Å². The Balaban J connectivity index is 2.86. The number of hydrogen-bond acceptors (Lipinski definition) is 3. The van der Waals surface area contributed by atoms with Crippen molar-refractivity contribution in [2.24, 2.45) is 11.5 Å². The molecule has 16 heavy (non-hydrogen) atoms. The number of nitrogens with two attached hydrogens (primary N) is 2. The van der Waals surface area contributed by atoms with Gasteiger partial charge in [0.05, 0.1) is 16.6 Å². The molecule has 0 aliphatic heterocycles. The number of nitrogens with zero attached hydrogens (tertiary/aromatic N) is 1. The summed E-state index contributed by atoms with van der Waals surface area (Å²) in [6.45, 7) is 0. The number of carbonyl (C=O) groups excluding carboxylic acids is 2. The number of benzene rings is 1. The molecule has 0 radical (unpaired) electrons. The number of para-hydroxylation sites is 1. The first-order valence-corrected chi connectivity index (χ1v) is 4.58. The van der Waals surface area contributed by atoms with Gasteiger partial charge in [0.1, 0.15) is 0 Å². The van der Waals surface area contributed by atoms with Crippen LogP contribution in [0.4, 0.5) is 0 Å². The van der Waals surface area contributed by atoms with Gasteiger partial charge in [0, 0.05) is 11.6 Å². The average Bonchev–Trinajstić information content (AvgIpc) is 2.27. The van der Waals surface area contributed by atoms with Crippen molar-refractivity contribution in [3.05, 3.63) is 41.6 Å². The van der Waals surface area contributed by atoms with E-state index in [1.54, 1.807) is 18.2 Å². The van der Waals surface area contributed by atoms with Gasteiger partial charge in [0.25, 0.3) is 5.91 Å². The molecule has 0 fully saturated rings. The van der Waals surface area contributed by atoms with Gasteiger partial charge in [0.2, 0.25) is 5.91 Å². The molecule has 2 rings (SSSR count). The summed E-state index contributed by atoms with van der Waals surface area (Å²) < 4.78 is 0. The second kappa shape index (κ2) is 3.62. The molecular weight excluding hydrogens is 206 g/mol. The van der Waals surface area contributed by atoms with Gasteiger partial charge in [-0.2, -0.15) is 0 Å². The van der Waals surface area contributed by atoms with Crippen LogP contribution in [-0.4, -0.2) is 16.8 Å². The number of rotatable bonds is 2. The normalized spacial score (nSPS) is 10.2. The van der Waals surface area contributed by atoms with E-state index < -0.39 is 11.8 Å². The van der Waals surface area contributed by atoms with E-state index in [-0.39, 0.29) is 5.56 Å². The molecular formula is C11H9N3O2. The number of hydrogen-bond donors (Lipinski definition) is 2. The lowest BCUT2D eigenvalue weighted by Crippen LogP contribution is -2.14. The average molecular weight is 215 g/mol. The molecule has 0 saturated heterocycles. The summed E-state index contributed by atoms with van der Waals surface area (Å²) >= 11 is 0. The van der Waals surface area contributed by atoms with E-state index in [9.17, 15) is 9.59 Å². The summed E-state index contributed by atoms with van der Waals surface area (Å²) in [6.07, 6.45) is 1.43. The molecule has 0 saturated carbocycles. The number of pyridine rings is 1. The van der Waals surface area contributed by atoms with E-state index in [2.05, 4.69) is 4.98 Å². The molecule has 1 aromatic carbocycles. The van der Waals surface area contributed by atoms with Crippen LogP contribution in [0.15, 0.2) is 30.5 Å². The van der Waals surface area contributed by atoms with Crippen LogP contribution in [0.3, 0.4) is 0 Å². The fourth-order valence-electron chi connectivity index (χ4n) is 1.59. The third kappa shape index (κ3) is 1.48. The molecule has 0 unspecified atom stereocenters. The van der Waals surface area contributed by atoms with Crippen LogP contribution in [0.25, 0.3) is 10.9 Å². The summed E-state index contributed by atoms with van der Waals surface area (Å²) in [5.41, 5.74) is 11.4. The first kappa shape index (κ1) is 10.1. The van der Waals surface area contributed by atoms with Crippen LogP contribution in [0.2, 0.25) is 0 Å². The van der Waals surface area contributed by atoms with E-state index >= 15 is 0 Å². The van der Waals surface area contributed by atoms with Crippen molar-refractivity contribution in [3.8, 4) is 0 Å². The predicted molar refractivity (Wildman–Crippen MR) is 58.8 cm³/mol. The number of primary amides is 2. The Morgan fingerprint density at radius 1 is 1.00 bits per heavy atom. The molecule has 0 spiro atoms. The van der Waals surface area contributed by atoms with E-state index in [0.717, 1.165) is 0 Å². The highest BCUT2D eigenvalue weighted by Crippen LogP contribution is 2.19. The van der Waals surface area contributed by atoms with Gasteiger partial charge >= 0.3 is 0 Å². The monoisotopic (exact) mass is 215 g/mol.